The monoisotopic (exact) mass is 700 g/mol. The van der Waals surface area contributed by atoms with Crippen LogP contribution in [-0.2, 0) is 15.4 Å². The summed E-state index contributed by atoms with van der Waals surface area (Å²) in [6.07, 6.45) is 3.19. The molecule has 3 heterocycles. The minimum absolute atomic E-state index is 0.118. The molecule has 0 amide bonds. The molecule has 2 aliphatic rings. The summed E-state index contributed by atoms with van der Waals surface area (Å²) in [7, 11) is -3.44. The van der Waals surface area contributed by atoms with Gasteiger partial charge in [-0.1, -0.05) is 38.1 Å². The highest BCUT2D eigenvalue weighted by Gasteiger charge is 2.66. The molecule has 1 fully saturated rings. The number of aromatic nitrogens is 5. The quantitative estimate of drug-likeness (QED) is 0.177. The van der Waals surface area contributed by atoms with Crippen molar-refractivity contribution in [1.29, 1.82) is 5.26 Å². The van der Waals surface area contributed by atoms with E-state index in [0.29, 0.717) is 51.6 Å². The van der Waals surface area contributed by atoms with Gasteiger partial charge in [-0.2, -0.15) is 22.8 Å². The lowest BCUT2D eigenvalue weighted by Crippen LogP contribution is -2.35. The number of nitriles is 1. The Morgan fingerprint density at radius 3 is 2.43 bits per heavy atom. The van der Waals surface area contributed by atoms with Crippen LogP contribution >= 0.6 is 0 Å². The molecule has 49 heavy (non-hydrogen) atoms. The van der Waals surface area contributed by atoms with Crippen LogP contribution in [0.3, 0.4) is 0 Å². The first-order valence-corrected chi connectivity index (χ1v) is 17.7. The van der Waals surface area contributed by atoms with Crippen LogP contribution in [0.5, 0.6) is 0 Å². The number of anilines is 1. The topological polar surface area (TPSA) is 138 Å². The van der Waals surface area contributed by atoms with Crippen LogP contribution in [0.4, 0.5) is 23.2 Å². The fourth-order valence-corrected chi connectivity index (χ4v) is 5.96. The molecule has 3 aromatic rings. The lowest BCUT2D eigenvalue weighted by Gasteiger charge is -2.28. The zero-order valence-corrected chi connectivity index (χ0v) is 29.3. The highest BCUT2D eigenvalue weighted by atomic mass is 32.2. The van der Waals surface area contributed by atoms with Gasteiger partial charge in [0.2, 0.25) is 5.95 Å². The highest BCUT2D eigenvalue weighted by molar-refractivity contribution is 7.92. The molecule has 3 aromatic heterocycles. The number of alkyl halides is 3. The van der Waals surface area contributed by atoms with Crippen LogP contribution in [0.15, 0.2) is 36.3 Å². The van der Waals surface area contributed by atoms with E-state index >= 15 is 0 Å². The van der Waals surface area contributed by atoms with Crippen molar-refractivity contribution in [3.8, 4) is 6.07 Å². The molecule has 1 atom stereocenters. The average Bonchev–Trinajstić information content (AvgIpc) is 3.68. The zero-order chi connectivity index (χ0) is 36.2. The molecule has 10 nitrogen and oxygen atoms in total. The van der Waals surface area contributed by atoms with Gasteiger partial charge < -0.3 is 10.6 Å². The SMILES string of the molecule is Cc1nc(F)ccc1C(NC1=Cc2c(ncc(C#N)c2NCC(C)(C)C)C(=CCC(C)(C)S(C)(=O)=O)C1)c1cn(C2(C(F)(F)F)CC2)nn1. The van der Waals surface area contributed by atoms with Gasteiger partial charge in [0.1, 0.15) is 11.8 Å². The second-order valence-corrected chi connectivity index (χ2v) is 17.3. The predicted molar refractivity (Wildman–Crippen MR) is 178 cm³/mol. The Bertz CT molecular complexity index is 1980. The summed E-state index contributed by atoms with van der Waals surface area (Å²) in [6, 6.07) is 3.97. The lowest BCUT2D eigenvalue weighted by molar-refractivity contribution is -0.183. The van der Waals surface area contributed by atoms with E-state index in [9.17, 15) is 31.2 Å². The van der Waals surface area contributed by atoms with Crippen LogP contribution in [0.2, 0.25) is 0 Å². The van der Waals surface area contributed by atoms with Crippen LogP contribution in [-0.4, -0.2) is 57.1 Å². The average molecular weight is 701 g/mol. The number of rotatable bonds is 10. The van der Waals surface area contributed by atoms with E-state index < -0.39 is 38.3 Å². The first-order valence-electron chi connectivity index (χ1n) is 15.8. The molecule has 0 radical (unpaired) electrons. The molecule has 1 saturated carbocycles. The number of nitrogens with one attached hydrogen (secondary N) is 2. The molecular formula is C34H40F4N8O2S. The summed E-state index contributed by atoms with van der Waals surface area (Å²) in [5.41, 5.74) is 1.91. The Morgan fingerprint density at radius 2 is 1.86 bits per heavy atom. The molecule has 0 aliphatic heterocycles. The van der Waals surface area contributed by atoms with Crippen molar-refractivity contribution in [2.24, 2.45) is 5.41 Å². The second-order valence-electron chi connectivity index (χ2n) is 14.7. The largest absolute Gasteiger partial charge is 0.413 e. The van der Waals surface area contributed by atoms with Crippen LogP contribution in [0.1, 0.15) is 100 Å². The van der Waals surface area contributed by atoms with E-state index in [1.54, 1.807) is 20.8 Å². The van der Waals surface area contributed by atoms with Crippen LogP contribution in [0, 0.1) is 29.6 Å². The van der Waals surface area contributed by atoms with Gasteiger partial charge in [-0.05, 0) is 63.2 Å². The van der Waals surface area contributed by atoms with Crippen molar-refractivity contribution in [3.05, 3.63) is 76.0 Å². The fraction of sp³-hybridized carbons (Fsp3) is 0.500. The second kappa shape index (κ2) is 12.5. The van der Waals surface area contributed by atoms with Gasteiger partial charge in [0, 0.05) is 47.9 Å². The van der Waals surface area contributed by atoms with Crippen LogP contribution in [0.25, 0.3) is 11.6 Å². The number of aryl methyl sites for hydroxylation is 1. The Balaban J connectivity index is 1.65. The Morgan fingerprint density at radius 1 is 1.16 bits per heavy atom. The van der Waals surface area contributed by atoms with Crippen LogP contribution < -0.4 is 10.6 Å². The molecule has 5 rings (SSSR count). The summed E-state index contributed by atoms with van der Waals surface area (Å²) in [6.45, 7) is 11.5. The Kier molecular flexibility index (Phi) is 9.20. The Hall–Kier alpha value is -4.32. The summed E-state index contributed by atoms with van der Waals surface area (Å²) in [5, 5.41) is 24.9. The van der Waals surface area contributed by atoms with Gasteiger partial charge >= 0.3 is 6.18 Å². The minimum Gasteiger partial charge on any atom is -0.383 e. The molecule has 0 spiro atoms. The number of halogens is 4. The van der Waals surface area contributed by atoms with Gasteiger partial charge in [-0.3, -0.25) is 4.98 Å². The standard InChI is InChI=1S/C34H40F4N8O2S/c1-20-24(8-9-27(35)42-20)30(26-18-46(45-44-26)33(12-13-33)34(36,37)38)43-23-14-21(10-11-32(5,6)49(7,47)48)28-25(15-23)29(22(16-39)17-40-28)41-19-31(2,3)4/h8-10,15,17-18,30,43H,11-14,19H2,1-7H3,(H,40,41). The van der Waals surface area contributed by atoms with Gasteiger partial charge in [-0.25, -0.2) is 18.1 Å². The summed E-state index contributed by atoms with van der Waals surface area (Å²) >= 11 is 0. The van der Waals surface area contributed by atoms with E-state index in [1.165, 1.54) is 30.8 Å². The molecule has 15 heteroatoms. The molecule has 0 bridgehead atoms. The molecule has 0 saturated heterocycles. The zero-order valence-electron chi connectivity index (χ0n) is 28.5. The summed E-state index contributed by atoms with van der Waals surface area (Å²) in [5.74, 6) is -0.716. The van der Waals surface area contributed by atoms with Gasteiger partial charge in [-0.15, -0.1) is 5.10 Å². The maximum atomic E-state index is 14.1. The summed E-state index contributed by atoms with van der Waals surface area (Å²) < 4.78 is 81.0. The number of nitrogens with zero attached hydrogens (tertiary/aromatic N) is 6. The van der Waals surface area contributed by atoms with E-state index in [4.69, 9.17) is 0 Å². The molecular weight excluding hydrogens is 660 g/mol. The molecule has 1 unspecified atom stereocenters. The number of sulfone groups is 1. The summed E-state index contributed by atoms with van der Waals surface area (Å²) in [4.78, 5) is 8.57. The minimum atomic E-state index is -4.52. The fourth-order valence-electron chi connectivity index (χ4n) is 5.57. The van der Waals surface area contributed by atoms with Crippen molar-refractivity contribution in [2.45, 2.75) is 89.7 Å². The van der Waals surface area contributed by atoms with Crippen molar-refractivity contribution in [1.82, 2.24) is 30.3 Å². The third-order valence-corrected chi connectivity index (χ3v) is 11.3. The number of pyridine rings is 2. The van der Waals surface area contributed by atoms with E-state index in [0.717, 1.165) is 4.68 Å². The van der Waals surface area contributed by atoms with Crippen molar-refractivity contribution >= 4 is 27.2 Å². The highest BCUT2D eigenvalue weighted by Crippen LogP contribution is 2.55. The number of allylic oxidation sites excluding steroid dienone is 2. The van der Waals surface area contributed by atoms with Gasteiger partial charge in [0.25, 0.3) is 0 Å². The number of fused-ring (bicyclic) bond motifs is 1. The van der Waals surface area contributed by atoms with Crippen molar-refractivity contribution in [3.63, 3.8) is 0 Å². The Labute approximate surface area is 283 Å². The number of hydrogen-bond acceptors (Lipinski definition) is 9. The first kappa shape index (κ1) is 36.0. The van der Waals surface area contributed by atoms with E-state index in [-0.39, 0.29) is 36.8 Å². The molecule has 2 N–H and O–H groups in total. The predicted octanol–water partition coefficient (Wildman–Crippen LogP) is 6.62. The van der Waals surface area contributed by atoms with E-state index in [1.807, 2.05) is 32.9 Å². The third-order valence-electron chi connectivity index (χ3n) is 9.11. The van der Waals surface area contributed by atoms with Crippen molar-refractivity contribution in [2.75, 3.05) is 18.1 Å². The molecule has 0 aromatic carbocycles. The maximum absolute atomic E-state index is 14.1. The molecule has 262 valence electrons. The lowest BCUT2D eigenvalue weighted by atomic mass is 9.89. The smallest absolute Gasteiger partial charge is 0.383 e. The molecule has 2 aliphatic carbocycles. The van der Waals surface area contributed by atoms with E-state index in [2.05, 4.69) is 37.0 Å². The third kappa shape index (κ3) is 7.34. The van der Waals surface area contributed by atoms with Gasteiger partial charge in [0.15, 0.2) is 15.4 Å². The first-order chi connectivity index (χ1) is 22.7. The normalized spacial score (nSPS) is 17.6. The van der Waals surface area contributed by atoms with Crippen molar-refractivity contribution < 1.29 is 26.0 Å². The maximum Gasteiger partial charge on any atom is 0.413 e. The number of hydrogen-bond donors (Lipinski definition) is 2. The van der Waals surface area contributed by atoms with Gasteiger partial charge in [0.05, 0.1) is 33.9 Å².